The number of likely N-dealkylation sites (tertiary alicyclic amines) is 1. The first-order chi connectivity index (χ1) is 14.9. The van der Waals surface area contributed by atoms with E-state index in [1.54, 1.807) is 0 Å². The standard InChI is InChI=1S/C19H31N5O8/c1-3-9(2)15(21)18(30)24-6-4-5-12(24)17(29)22-10(7-13(20)25)16(28)23-11(19(31)32)8-14(26)27/h9-12,15H,3-8,21H2,1-2H3,(H2,20,25)(H,22,29)(H,23,28)(H,26,27)(H,31,32). The molecule has 32 heavy (non-hydrogen) atoms. The van der Waals surface area contributed by atoms with Crippen molar-refractivity contribution in [3.8, 4) is 0 Å². The zero-order chi connectivity index (χ0) is 24.6. The van der Waals surface area contributed by atoms with Gasteiger partial charge in [-0.1, -0.05) is 20.3 Å². The number of carboxylic acids is 2. The Kier molecular flexibility index (Phi) is 10.0. The van der Waals surface area contributed by atoms with Crippen LogP contribution in [0.25, 0.3) is 0 Å². The lowest BCUT2D eigenvalue weighted by Gasteiger charge is -2.30. The van der Waals surface area contributed by atoms with Crippen LogP contribution >= 0.6 is 0 Å². The second-order valence-corrected chi connectivity index (χ2v) is 7.83. The van der Waals surface area contributed by atoms with Crippen molar-refractivity contribution in [2.24, 2.45) is 17.4 Å². The van der Waals surface area contributed by atoms with Crippen LogP contribution in [0.1, 0.15) is 46.0 Å². The lowest BCUT2D eigenvalue weighted by molar-refractivity contribution is -0.147. The van der Waals surface area contributed by atoms with Gasteiger partial charge in [-0.3, -0.25) is 24.0 Å². The minimum absolute atomic E-state index is 0.109. The molecular formula is C19H31N5O8. The summed E-state index contributed by atoms with van der Waals surface area (Å²) in [7, 11) is 0. The Hall–Kier alpha value is -3.22. The lowest BCUT2D eigenvalue weighted by Crippen LogP contribution is -2.57. The number of nitrogens with one attached hydrogen (secondary N) is 2. The van der Waals surface area contributed by atoms with Crippen LogP contribution in [0.5, 0.6) is 0 Å². The highest BCUT2D eigenvalue weighted by atomic mass is 16.4. The molecule has 0 spiro atoms. The fraction of sp³-hybridized carbons (Fsp3) is 0.684. The molecule has 0 saturated carbocycles. The molecule has 13 nitrogen and oxygen atoms in total. The summed E-state index contributed by atoms with van der Waals surface area (Å²) in [5.74, 6) is -6.34. The molecule has 1 rings (SSSR count). The van der Waals surface area contributed by atoms with Crippen LogP contribution in [-0.2, 0) is 28.8 Å². The van der Waals surface area contributed by atoms with Gasteiger partial charge in [-0.05, 0) is 18.8 Å². The van der Waals surface area contributed by atoms with Crippen molar-refractivity contribution in [1.29, 1.82) is 0 Å². The van der Waals surface area contributed by atoms with E-state index in [2.05, 4.69) is 5.32 Å². The molecule has 1 fully saturated rings. The van der Waals surface area contributed by atoms with Crippen LogP contribution < -0.4 is 22.1 Å². The van der Waals surface area contributed by atoms with Gasteiger partial charge in [0.05, 0.1) is 18.9 Å². The van der Waals surface area contributed by atoms with Crippen molar-refractivity contribution in [2.45, 2.75) is 70.1 Å². The molecule has 0 radical (unpaired) electrons. The van der Waals surface area contributed by atoms with Crippen LogP contribution in [0, 0.1) is 5.92 Å². The van der Waals surface area contributed by atoms with Gasteiger partial charge in [0.15, 0.2) is 0 Å². The van der Waals surface area contributed by atoms with Crippen molar-refractivity contribution in [2.75, 3.05) is 6.54 Å². The summed E-state index contributed by atoms with van der Waals surface area (Å²) in [5.41, 5.74) is 11.1. The highest BCUT2D eigenvalue weighted by Crippen LogP contribution is 2.21. The maximum absolute atomic E-state index is 12.8. The van der Waals surface area contributed by atoms with Crippen LogP contribution in [0.4, 0.5) is 0 Å². The zero-order valence-electron chi connectivity index (χ0n) is 18.1. The smallest absolute Gasteiger partial charge is 0.326 e. The predicted octanol–water partition coefficient (Wildman–Crippen LogP) is -2.24. The van der Waals surface area contributed by atoms with Crippen molar-refractivity contribution in [3.05, 3.63) is 0 Å². The molecular weight excluding hydrogens is 426 g/mol. The first-order valence-electron chi connectivity index (χ1n) is 10.3. The van der Waals surface area contributed by atoms with E-state index in [1.165, 1.54) is 4.90 Å². The number of nitrogens with two attached hydrogens (primary N) is 2. The van der Waals surface area contributed by atoms with Crippen molar-refractivity contribution >= 4 is 35.6 Å². The average molecular weight is 457 g/mol. The van der Waals surface area contributed by atoms with Gasteiger partial charge in [-0.2, -0.15) is 0 Å². The predicted molar refractivity (Wildman–Crippen MR) is 110 cm³/mol. The highest BCUT2D eigenvalue weighted by Gasteiger charge is 2.39. The summed E-state index contributed by atoms with van der Waals surface area (Å²) in [5, 5.41) is 22.2. The summed E-state index contributed by atoms with van der Waals surface area (Å²) < 4.78 is 0. The largest absolute Gasteiger partial charge is 0.481 e. The number of nitrogens with zero attached hydrogens (tertiary/aromatic N) is 1. The highest BCUT2D eigenvalue weighted by molar-refractivity contribution is 5.96. The van der Waals surface area contributed by atoms with Gasteiger partial charge in [0.1, 0.15) is 18.1 Å². The maximum atomic E-state index is 12.8. The Bertz CT molecular complexity index is 758. The Labute approximate surface area is 184 Å². The van der Waals surface area contributed by atoms with Gasteiger partial charge in [0.2, 0.25) is 23.6 Å². The van der Waals surface area contributed by atoms with Crippen molar-refractivity contribution in [1.82, 2.24) is 15.5 Å². The van der Waals surface area contributed by atoms with Crippen LogP contribution in [0.3, 0.4) is 0 Å². The van der Waals surface area contributed by atoms with Gasteiger partial charge < -0.3 is 37.2 Å². The van der Waals surface area contributed by atoms with E-state index in [4.69, 9.17) is 21.7 Å². The molecule has 1 aliphatic heterocycles. The van der Waals surface area contributed by atoms with E-state index in [-0.39, 0.29) is 5.92 Å². The summed E-state index contributed by atoms with van der Waals surface area (Å²) in [6.07, 6.45) is -0.0454. The second-order valence-electron chi connectivity index (χ2n) is 7.83. The van der Waals surface area contributed by atoms with Gasteiger partial charge in [-0.15, -0.1) is 0 Å². The monoisotopic (exact) mass is 457 g/mol. The minimum atomic E-state index is -1.77. The quantitative estimate of drug-likeness (QED) is 0.186. The Morgan fingerprint density at radius 1 is 1.06 bits per heavy atom. The molecule has 0 aromatic rings. The van der Waals surface area contributed by atoms with E-state index in [9.17, 15) is 28.8 Å². The molecule has 0 aromatic carbocycles. The number of rotatable bonds is 12. The second kappa shape index (κ2) is 12.0. The summed E-state index contributed by atoms with van der Waals surface area (Å²) in [4.78, 5) is 72.8. The summed E-state index contributed by atoms with van der Waals surface area (Å²) in [6.45, 7) is 4.00. The summed E-state index contributed by atoms with van der Waals surface area (Å²) >= 11 is 0. The number of carbonyl (C=O) groups is 6. The molecule has 180 valence electrons. The molecule has 5 unspecified atom stereocenters. The number of primary amides is 1. The number of hydrogen-bond acceptors (Lipinski definition) is 7. The maximum Gasteiger partial charge on any atom is 0.326 e. The number of aliphatic carboxylic acids is 2. The molecule has 1 heterocycles. The van der Waals surface area contributed by atoms with Gasteiger partial charge in [-0.25, -0.2) is 4.79 Å². The third-order valence-electron chi connectivity index (χ3n) is 5.41. The van der Waals surface area contributed by atoms with Crippen LogP contribution in [0.2, 0.25) is 0 Å². The van der Waals surface area contributed by atoms with Gasteiger partial charge in [0.25, 0.3) is 0 Å². The number of hydrogen-bond donors (Lipinski definition) is 6. The molecule has 13 heteroatoms. The lowest BCUT2D eigenvalue weighted by atomic mass is 9.98. The van der Waals surface area contributed by atoms with Crippen molar-refractivity contribution < 1.29 is 39.0 Å². The van der Waals surface area contributed by atoms with E-state index >= 15 is 0 Å². The third-order valence-corrected chi connectivity index (χ3v) is 5.41. The SMILES string of the molecule is CCC(C)C(N)C(=O)N1CCCC1C(=O)NC(CC(N)=O)C(=O)NC(CC(=O)O)C(=O)O. The Morgan fingerprint density at radius 2 is 1.69 bits per heavy atom. The molecule has 0 aromatic heterocycles. The average Bonchev–Trinajstić information content (AvgIpc) is 3.20. The topological polar surface area (TPSA) is 222 Å². The van der Waals surface area contributed by atoms with Gasteiger partial charge in [0, 0.05) is 6.54 Å². The van der Waals surface area contributed by atoms with Gasteiger partial charge >= 0.3 is 11.9 Å². The van der Waals surface area contributed by atoms with Crippen LogP contribution in [-0.4, -0.2) is 81.4 Å². The number of carboxylic acid groups (broad SMARTS) is 2. The Balaban J connectivity index is 2.95. The fourth-order valence-corrected chi connectivity index (χ4v) is 3.32. The molecule has 1 saturated heterocycles. The molecule has 8 N–H and O–H groups in total. The van der Waals surface area contributed by atoms with E-state index in [0.717, 1.165) is 0 Å². The molecule has 0 bridgehead atoms. The van der Waals surface area contributed by atoms with Crippen molar-refractivity contribution in [3.63, 3.8) is 0 Å². The summed E-state index contributed by atoms with van der Waals surface area (Å²) in [6, 6.07) is -5.04. The first kappa shape index (κ1) is 26.8. The zero-order valence-corrected chi connectivity index (χ0v) is 18.1. The molecule has 1 aliphatic rings. The molecule has 5 atom stereocenters. The van der Waals surface area contributed by atoms with E-state index < -0.39 is 72.6 Å². The van der Waals surface area contributed by atoms with E-state index in [1.807, 2.05) is 19.2 Å². The Morgan fingerprint density at radius 3 is 2.19 bits per heavy atom. The molecule has 4 amide bonds. The number of carbonyl (C=O) groups excluding carboxylic acids is 4. The molecule has 0 aliphatic carbocycles. The first-order valence-corrected chi connectivity index (χ1v) is 10.3. The third kappa shape index (κ3) is 7.48. The van der Waals surface area contributed by atoms with E-state index in [0.29, 0.717) is 25.8 Å². The fourth-order valence-electron chi connectivity index (χ4n) is 3.32. The van der Waals surface area contributed by atoms with Crippen LogP contribution in [0.15, 0.2) is 0 Å². The number of amides is 4. The normalized spacial score (nSPS) is 19.3. The minimum Gasteiger partial charge on any atom is -0.481 e.